The number of ether oxygens (including phenoxy) is 2. The van der Waals surface area contributed by atoms with Crippen LogP contribution in [0, 0.1) is 0 Å². The average Bonchev–Trinajstić information content (AvgIpc) is 2.82. The van der Waals surface area contributed by atoms with Crippen LogP contribution in [0.2, 0.25) is 0 Å². The summed E-state index contributed by atoms with van der Waals surface area (Å²) >= 11 is 0. The molecule has 0 radical (unpaired) electrons. The van der Waals surface area contributed by atoms with Gasteiger partial charge in [-0.25, -0.2) is 4.79 Å². The van der Waals surface area contributed by atoms with Crippen molar-refractivity contribution in [3.05, 3.63) is 70.3 Å². The summed E-state index contributed by atoms with van der Waals surface area (Å²) in [6, 6.07) is 8.66. The van der Waals surface area contributed by atoms with Gasteiger partial charge in [0, 0.05) is 18.7 Å². The van der Waals surface area contributed by atoms with Crippen LogP contribution >= 0.6 is 0 Å². The van der Waals surface area contributed by atoms with E-state index in [0.29, 0.717) is 30.7 Å². The highest BCUT2D eigenvalue weighted by Gasteiger charge is 2.37. The number of amides is 1. The maximum atomic E-state index is 13.3. The first-order valence-corrected chi connectivity index (χ1v) is 10.9. The first-order chi connectivity index (χ1) is 16.4. The Kier molecular flexibility index (Phi) is 8.02. The van der Waals surface area contributed by atoms with Crippen LogP contribution in [0.1, 0.15) is 47.9 Å². The van der Waals surface area contributed by atoms with Crippen molar-refractivity contribution in [1.82, 2.24) is 4.90 Å². The molecular formula is C25H25F6NO3. The molecule has 1 aliphatic rings. The highest BCUT2D eigenvalue weighted by Crippen LogP contribution is 2.39. The number of benzene rings is 2. The van der Waals surface area contributed by atoms with Gasteiger partial charge < -0.3 is 9.47 Å². The standard InChI is InChI=1S/C25H25F6NO3/c1-34-22-10-6-5-9-21(22)20-8-4-3-7-17(20)15-32(23(33)35-2)14-16-11-18(24(26,27)28)13-19(12-16)25(29,30)31/h5-6,9-13H,3-4,7-8,14-15H2,1-2H3. The fourth-order valence-corrected chi connectivity index (χ4v) is 4.24. The normalized spacial score (nSPS) is 14.6. The lowest BCUT2D eigenvalue weighted by Crippen LogP contribution is -2.33. The van der Waals surface area contributed by atoms with Crippen molar-refractivity contribution in [2.45, 2.75) is 44.6 Å². The first-order valence-electron chi connectivity index (χ1n) is 10.9. The third kappa shape index (κ3) is 6.49. The van der Waals surface area contributed by atoms with Crippen molar-refractivity contribution in [2.75, 3.05) is 20.8 Å². The van der Waals surface area contributed by atoms with Crippen LogP contribution in [-0.2, 0) is 23.6 Å². The average molecular weight is 501 g/mol. The second-order valence-corrected chi connectivity index (χ2v) is 8.23. The molecule has 0 bridgehead atoms. The second-order valence-electron chi connectivity index (χ2n) is 8.23. The Balaban J connectivity index is 2.01. The Morgan fingerprint density at radius 3 is 2.06 bits per heavy atom. The molecule has 2 aromatic carbocycles. The van der Waals surface area contributed by atoms with Gasteiger partial charge in [0.1, 0.15) is 5.75 Å². The lowest BCUT2D eigenvalue weighted by Gasteiger charge is -2.28. The molecule has 0 spiro atoms. The summed E-state index contributed by atoms with van der Waals surface area (Å²) in [6.07, 6.45) is -7.75. The largest absolute Gasteiger partial charge is 0.496 e. The monoisotopic (exact) mass is 501 g/mol. The number of hydrogen-bond acceptors (Lipinski definition) is 3. The van der Waals surface area contributed by atoms with E-state index in [1.165, 1.54) is 7.11 Å². The quantitative estimate of drug-likeness (QED) is 0.389. The molecule has 2 aromatic rings. The molecule has 35 heavy (non-hydrogen) atoms. The SMILES string of the molecule is COC(=O)N(CC1=C(c2ccccc2OC)CCCC1)Cc1cc(C(F)(F)F)cc(C(F)(F)F)c1. The van der Waals surface area contributed by atoms with Gasteiger partial charge in [0.2, 0.25) is 0 Å². The minimum Gasteiger partial charge on any atom is -0.496 e. The number of alkyl halides is 6. The van der Waals surface area contributed by atoms with Gasteiger partial charge in [0.25, 0.3) is 0 Å². The molecular weight excluding hydrogens is 476 g/mol. The maximum Gasteiger partial charge on any atom is 0.416 e. The second kappa shape index (κ2) is 10.6. The summed E-state index contributed by atoms with van der Waals surface area (Å²) in [6.45, 7) is -0.486. The highest BCUT2D eigenvalue weighted by atomic mass is 19.4. The molecule has 1 aliphatic carbocycles. The van der Waals surface area contributed by atoms with Gasteiger partial charge in [-0.1, -0.05) is 18.2 Å². The number of rotatable bonds is 6. The van der Waals surface area contributed by atoms with Crippen molar-refractivity contribution in [3.8, 4) is 5.75 Å². The van der Waals surface area contributed by atoms with E-state index in [4.69, 9.17) is 9.47 Å². The minimum absolute atomic E-state index is 0.00233. The lowest BCUT2D eigenvalue weighted by atomic mass is 9.86. The number of carbonyl (C=O) groups excluding carboxylic acids is 1. The minimum atomic E-state index is -4.98. The Morgan fingerprint density at radius 2 is 1.49 bits per heavy atom. The molecule has 4 nitrogen and oxygen atoms in total. The predicted molar refractivity (Wildman–Crippen MR) is 118 cm³/mol. The Morgan fingerprint density at radius 1 is 0.886 bits per heavy atom. The van der Waals surface area contributed by atoms with Crippen LogP contribution in [0.25, 0.3) is 5.57 Å². The fourth-order valence-electron chi connectivity index (χ4n) is 4.24. The van der Waals surface area contributed by atoms with E-state index in [1.54, 1.807) is 6.07 Å². The third-order valence-corrected chi connectivity index (χ3v) is 5.85. The van der Waals surface area contributed by atoms with E-state index in [1.807, 2.05) is 18.2 Å². The van der Waals surface area contributed by atoms with Crippen LogP contribution < -0.4 is 4.74 Å². The molecule has 0 unspecified atom stereocenters. The van der Waals surface area contributed by atoms with Crippen molar-refractivity contribution in [2.24, 2.45) is 0 Å². The zero-order chi connectivity index (χ0) is 25.8. The molecule has 3 rings (SSSR count). The number of carbonyl (C=O) groups is 1. The van der Waals surface area contributed by atoms with Gasteiger partial charge in [-0.3, -0.25) is 4.90 Å². The van der Waals surface area contributed by atoms with Gasteiger partial charge >= 0.3 is 18.4 Å². The molecule has 0 N–H and O–H groups in total. The number of para-hydroxylation sites is 1. The highest BCUT2D eigenvalue weighted by molar-refractivity contribution is 5.75. The molecule has 190 valence electrons. The summed E-state index contributed by atoms with van der Waals surface area (Å²) in [7, 11) is 2.65. The topological polar surface area (TPSA) is 38.8 Å². The number of allylic oxidation sites excluding steroid dienone is 1. The number of methoxy groups -OCH3 is 2. The first kappa shape index (κ1) is 26.4. The molecule has 0 saturated carbocycles. The van der Waals surface area contributed by atoms with Crippen LogP contribution in [0.5, 0.6) is 5.75 Å². The summed E-state index contributed by atoms with van der Waals surface area (Å²) < 4.78 is 90.0. The van der Waals surface area contributed by atoms with Crippen molar-refractivity contribution >= 4 is 11.7 Å². The molecule has 1 amide bonds. The van der Waals surface area contributed by atoms with E-state index >= 15 is 0 Å². The number of hydrogen-bond donors (Lipinski definition) is 0. The molecule has 0 saturated heterocycles. The summed E-state index contributed by atoms with van der Waals surface area (Å²) in [4.78, 5) is 13.6. The van der Waals surface area contributed by atoms with E-state index in [2.05, 4.69) is 0 Å². The lowest BCUT2D eigenvalue weighted by molar-refractivity contribution is -0.143. The zero-order valence-electron chi connectivity index (χ0n) is 19.2. The van der Waals surface area contributed by atoms with Crippen molar-refractivity contribution in [1.29, 1.82) is 0 Å². The molecule has 0 fully saturated rings. The zero-order valence-corrected chi connectivity index (χ0v) is 19.2. The molecule has 0 heterocycles. The van der Waals surface area contributed by atoms with Crippen LogP contribution in [0.3, 0.4) is 0 Å². The van der Waals surface area contributed by atoms with E-state index in [9.17, 15) is 31.1 Å². The summed E-state index contributed by atoms with van der Waals surface area (Å²) in [5.41, 5.74) is -0.519. The fraction of sp³-hybridized carbons (Fsp3) is 0.400. The molecule has 0 atom stereocenters. The molecule has 0 aromatic heterocycles. The third-order valence-electron chi connectivity index (χ3n) is 5.85. The number of halogens is 6. The van der Waals surface area contributed by atoms with Gasteiger partial charge in [0.05, 0.1) is 25.3 Å². The molecule has 0 aliphatic heterocycles. The Hall–Kier alpha value is -3.17. The van der Waals surface area contributed by atoms with E-state index in [-0.39, 0.29) is 18.2 Å². The van der Waals surface area contributed by atoms with Crippen molar-refractivity contribution in [3.63, 3.8) is 0 Å². The smallest absolute Gasteiger partial charge is 0.416 e. The molecule has 10 heteroatoms. The summed E-state index contributed by atoms with van der Waals surface area (Å²) in [5.74, 6) is 0.638. The maximum absolute atomic E-state index is 13.3. The van der Waals surface area contributed by atoms with Gasteiger partial charge in [0.15, 0.2) is 0 Å². The van der Waals surface area contributed by atoms with E-state index < -0.39 is 36.1 Å². The van der Waals surface area contributed by atoms with Crippen molar-refractivity contribution < 1.29 is 40.6 Å². The van der Waals surface area contributed by atoms with E-state index in [0.717, 1.165) is 41.6 Å². The van der Waals surface area contributed by atoms with Gasteiger partial charge in [-0.05, 0) is 66.7 Å². The Labute approximate surface area is 199 Å². The van der Waals surface area contributed by atoms with Gasteiger partial charge in [-0.15, -0.1) is 0 Å². The number of nitrogens with zero attached hydrogens (tertiary/aromatic N) is 1. The van der Waals surface area contributed by atoms with Crippen LogP contribution in [0.15, 0.2) is 48.0 Å². The van der Waals surface area contributed by atoms with Crippen LogP contribution in [0.4, 0.5) is 31.1 Å². The van der Waals surface area contributed by atoms with Gasteiger partial charge in [-0.2, -0.15) is 26.3 Å². The predicted octanol–water partition coefficient (Wildman–Crippen LogP) is 7.33. The van der Waals surface area contributed by atoms with Crippen LogP contribution in [-0.4, -0.2) is 31.8 Å². The summed E-state index contributed by atoms with van der Waals surface area (Å²) in [5, 5.41) is 0. The Bertz CT molecular complexity index is 1060.